The molecule has 2 unspecified atom stereocenters. The van der Waals surface area contributed by atoms with E-state index in [0.29, 0.717) is 24.3 Å². The molecule has 5 heteroatoms. The molecular weight excluding hydrogens is 258 g/mol. The van der Waals surface area contributed by atoms with E-state index < -0.39 is 10.8 Å². The van der Waals surface area contributed by atoms with Gasteiger partial charge in [-0.1, -0.05) is 13.8 Å². The first kappa shape index (κ1) is 18.4. The van der Waals surface area contributed by atoms with Crippen LogP contribution >= 0.6 is 0 Å². The van der Waals surface area contributed by atoms with Crippen LogP contribution in [0.5, 0.6) is 0 Å². The molecular formula is C14H31N3OS. The number of guanidine groups is 1. The van der Waals surface area contributed by atoms with E-state index in [-0.39, 0.29) is 4.75 Å². The monoisotopic (exact) mass is 289 g/mol. The van der Waals surface area contributed by atoms with Gasteiger partial charge in [0, 0.05) is 33.9 Å². The van der Waals surface area contributed by atoms with Crippen LogP contribution in [0.4, 0.5) is 0 Å². The van der Waals surface area contributed by atoms with Gasteiger partial charge in [0.15, 0.2) is 5.96 Å². The normalized spacial score (nSPS) is 16.3. The lowest BCUT2D eigenvalue weighted by atomic mass is 10.1. The van der Waals surface area contributed by atoms with Crippen LogP contribution in [0.2, 0.25) is 0 Å². The standard InChI is InChI=1S/C14H31N3OS/c1-8-15-13(17-12(4)11(2)3)16-9-10-19(18)14(5,6)7/h11-12H,8-10H2,1-7H3,(H2,15,16,17). The van der Waals surface area contributed by atoms with Gasteiger partial charge in [-0.15, -0.1) is 0 Å². The highest BCUT2D eigenvalue weighted by molar-refractivity contribution is 7.86. The zero-order chi connectivity index (χ0) is 15.1. The van der Waals surface area contributed by atoms with Crippen LogP contribution in [0.3, 0.4) is 0 Å². The highest BCUT2D eigenvalue weighted by atomic mass is 32.2. The minimum atomic E-state index is -0.842. The molecule has 4 nitrogen and oxygen atoms in total. The summed E-state index contributed by atoms with van der Waals surface area (Å²) in [6.45, 7) is 16.0. The van der Waals surface area contributed by atoms with Crippen molar-refractivity contribution in [2.45, 2.75) is 59.3 Å². The SMILES string of the molecule is CCNC(=NCCS(=O)C(C)(C)C)NC(C)C(C)C. The Hall–Kier alpha value is -0.580. The van der Waals surface area contributed by atoms with Crippen molar-refractivity contribution in [1.82, 2.24) is 10.6 Å². The van der Waals surface area contributed by atoms with Gasteiger partial charge in [0.25, 0.3) is 0 Å². The second-order valence-corrected chi connectivity index (χ2v) is 8.42. The van der Waals surface area contributed by atoms with Gasteiger partial charge in [-0.05, 0) is 40.5 Å². The quantitative estimate of drug-likeness (QED) is 0.582. The van der Waals surface area contributed by atoms with Crippen LogP contribution in [0, 0.1) is 5.92 Å². The molecule has 0 aromatic rings. The summed E-state index contributed by atoms with van der Waals surface area (Å²) in [6, 6.07) is 0.367. The fourth-order valence-corrected chi connectivity index (χ4v) is 2.12. The van der Waals surface area contributed by atoms with Crippen molar-refractivity contribution in [1.29, 1.82) is 0 Å². The Bertz CT molecular complexity index is 308. The minimum Gasteiger partial charge on any atom is -0.357 e. The van der Waals surface area contributed by atoms with Crippen molar-refractivity contribution in [3.8, 4) is 0 Å². The molecule has 0 amide bonds. The van der Waals surface area contributed by atoms with Crippen molar-refractivity contribution in [3.05, 3.63) is 0 Å². The third kappa shape index (κ3) is 8.24. The number of hydrogen-bond acceptors (Lipinski definition) is 2. The lowest BCUT2D eigenvalue weighted by molar-refractivity contribution is 0.481. The average molecular weight is 289 g/mol. The van der Waals surface area contributed by atoms with Crippen molar-refractivity contribution >= 4 is 16.8 Å². The molecule has 0 aliphatic carbocycles. The summed E-state index contributed by atoms with van der Waals surface area (Å²) in [7, 11) is -0.842. The summed E-state index contributed by atoms with van der Waals surface area (Å²) in [5, 5.41) is 6.59. The van der Waals surface area contributed by atoms with Gasteiger partial charge in [0.05, 0.1) is 6.54 Å². The van der Waals surface area contributed by atoms with Crippen LogP contribution < -0.4 is 10.6 Å². The fraction of sp³-hybridized carbons (Fsp3) is 0.929. The molecule has 0 saturated carbocycles. The maximum Gasteiger partial charge on any atom is 0.191 e. The lowest BCUT2D eigenvalue weighted by Gasteiger charge is -2.21. The smallest absolute Gasteiger partial charge is 0.191 e. The zero-order valence-corrected chi connectivity index (χ0v) is 14.4. The van der Waals surface area contributed by atoms with Gasteiger partial charge in [-0.2, -0.15) is 0 Å². The van der Waals surface area contributed by atoms with E-state index >= 15 is 0 Å². The molecule has 0 saturated heterocycles. The van der Waals surface area contributed by atoms with Gasteiger partial charge >= 0.3 is 0 Å². The molecule has 0 aromatic heterocycles. The van der Waals surface area contributed by atoms with Gasteiger partial charge in [0.1, 0.15) is 0 Å². The molecule has 2 atom stereocenters. The van der Waals surface area contributed by atoms with Gasteiger partial charge in [-0.3, -0.25) is 9.20 Å². The molecule has 0 heterocycles. The summed E-state index contributed by atoms with van der Waals surface area (Å²) in [6.07, 6.45) is 0. The summed E-state index contributed by atoms with van der Waals surface area (Å²) in [5.74, 6) is 1.97. The molecule has 0 rings (SSSR count). The Labute approximate surface area is 121 Å². The van der Waals surface area contributed by atoms with E-state index in [1.54, 1.807) is 0 Å². The fourth-order valence-electron chi connectivity index (χ4n) is 1.25. The second-order valence-electron chi connectivity index (χ2n) is 6.10. The topological polar surface area (TPSA) is 53.5 Å². The molecule has 0 aliphatic heterocycles. The van der Waals surface area contributed by atoms with E-state index in [0.717, 1.165) is 12.5 Å². The summed E-state index contributed by atoms with van der Waals surface area (Å²) in [4.78, 5) is 4.49. The van der Waals surface area contributed by atoms with Crippen LogP contribution in [-0.2, 0) is 10.8 Å². The van der Waals surface area contributed by atoms with Crippen molar-refractivity contribution in [3.63, 3.8) is 0 Å². The van der Waals surface area contributed by atoms with E-state index in [1.807, 2.05) is 27.7 Å². The zero-order valence-electron chi connectivity index (χ0n) is 13.5. The Morgan fingerprint density at radius 3 is 2.26 bits per heavy atom. The number of nitrogens with zero attached hydrogens (tertiary/aromatic N) is 1. The number of nitrogens with one attached hydrogen (secondary N) is 2. The summed E-state index contributed by atoms with van der Waals surface area (Å²) in [5.41, 5.74) is 0. The summed E-state index contributed by atoms with van der Waals surface area (Å²) >= 11 is 0. The maximum absolute atomic E-state index is 11.9. The number of hydrogen-bond donors (Lipinski definition) is 2. The van der Waals surface area contributed by atoms with Crippen LogP contribution in [0.25, 0.3) is 0 Å². The molecule has 0 aromatic carbocycles. The second kappa shape index (κ2) is 8.56. The van der Waals surface area contributed by atoms with Crippen molar-refractivity contribution in [2.75, 3.05) is 18.8 Å². The predicted octanol–water partition coefficient (Wildman–Crippen LogP) is 2.13. The number of rotatable bonds is 6. The predicted molar refractivity (Wildman–Crippen MR) is 86.2 cm³/mol. The summed E-state index contributed by atoms with van der Waals surface area (Å²) < 4.78 is 11.8. The first-order valence-electron chi connectivity index (χ1n) is 7.11. The lowest BCUT2D eigenvalue weighted by Crippen LogP contribution is -2.44. The molecule has 0 fully saturated rings. The third-order valence-electron chi connectivity index (χ3n) is 2.94. The molecule has 114 valence electrons. The van der Waals surface area contributed by atoms with Crippen molar-refractivity contribution in [2.24, 2.45) is 10.9 Å². The molecule has 0 bridgehead atoms. The maximum atomic E-state index is 11.9. The molecule has 0 aliphatic rings. The highest BCUT2D eigenvalue weighted by Crippen LogP contribution is 2.10. The van der Waals surface area contributed by atoms with E-state index in [1.165, 1.54) is 0 Å². The molecule has 0 spiro atoms. The van der Waals surface area contributed by atoms with Gasteiger partial charge in [0.2, 0.25) is 0 Å². The van der Waals surface area contributed by atoms with E-state index in [4.69, 9.17) is 0 Å². The highest BCUT2D eigenvalue weighted by Gasteiger charge is 2.18. The van der Waals surface area contributed by atoms with Crippen molar-refractivity contribution < 1.29 is 4.21 Å². The Kier molecular flexibility index (Phi) is 8.30. The van der Waals surface area contributed by atoms with E-state index in [9.17, 15) is 4.21 Å². The Balaban J connectivity index is 4.39. The Morgan fingerprint density at radius 2 is 1.84 bits per heavy atom. The average Bonchev–Trinajstić information content (AvgIpc) is 2.27. The van der Waals surface area contributed by atoms with E-state index in [2.05, 4.69) is 36.4 Å². The van der Waals surface area contributed by atoms with Crippen LogP contribution in [0.15, 0.2) is 4.99 Å². The van der Waals surface area contributed by atoms with Crippen LogP contribution in [-0.4, -0.2) is 39.8 Å². The first-order valence-corrected chi connectivity index (χ1v) is 8.43. The minimum absolute atomic E-state index is 0.160. The third-order valence-corrected chi connectivity index (χ3v) is 4.86. The number of aliphatic imine (C=N–C) groups is 1. The van der Waals surface area contributed by atoms with Crippen LogP contribution in [0.1, 0.15) is 48.5 Å². The van der Waals surface area contributed by atoms with Gasteiger partial charge < -0.3 is 10.6 Å². The first-order chi connectivity index (χ1) is 8.68. The Morgan fingerprint density at radius 1 is 1.26 bits per heavy atom. The molecule has 2 N–H and O–H groups in total. The van der Waals surface area contributed by atoms with Gasteiger partial charge in [-0.25, -0.2) is 0 Å². The molecule has 19 heavy (non-hydrogen) atoms. The largest absolute Gasteiger partial charge is 0.357 e. The molecule has 0 radical (unpaired) electrons.